The van der Waals surface area contributed by atoms with Crippen LogP contribution >= 0.6 is 23.5 Å². The van der Waals surface area contributed by atoms with Crippen molar-refractivity contribution in [2.45, 2.75) is 24.2 Å². The SMILES string of the molecule is COc1cc(CSCc2cc(OC)c(CSC)cc2OC)c(OC)cc1C. The quantitative estimate of drug-likeness (QED) is 0.529. The van der Waals surface area contributed by atoms with Gasteiger partial charge in [0.25, 0.3) is 0 Å². The van der Waals surface area contributed by atoms with Gasteiger partial charge in [-0.25, -0.2) is 0 Å². The molecule has 0 fully saturated rings. The van der Waals surface area contributed by atoms with Crippen LogP contribution in [0.25, 0.3) is 0 Å². The van der Waals surface area contributed by atoms with Crippen LogP contribution in [0.3, 0.4) is 0 Å². The Kier molecular flexibility index (Phi) is 8.51. The fourth-order valence-electron chi connectivity index (χ4n) is 2.90. The number of aryl methyl sites for hydroxylation is 1. The second-order valence-corrected chi connectivity index (χ2v) is 7.89. The molecule has 0 heterocycles. The molecular formula is C21H28O4S2. The van der Waals surface area contributed by atoms with E-state index < -0.39 is 0 Å². The molecule has 0 spiro atoms. The molecule has 2 aromatic rings. The van der Waals surface area contributed by atoms with Gasteiger partial charge in [0.15, 0.2) is 0 Å². The van der Waals surface area contributed by atoms with Crippen LogP contribution in [0.4, 0.5) is 0 Å². The van der Waals surface area contributed by atoms with Crippen LogP contribution in [0, 0.1) is 6.92 Å². The topological polar surface area (TPSA) is 36.9 Å². The highest BCUT2D eigenvalue weighted by atomic mass is 32.2. The fraction of sp³-hybridized carbons (Fsp3) is 0.429. The lowest BCUT2D eigenvalue weighted by atomic mass is 10.1. The molecule has 0 aromatic heterocycles. The van der Waals surface area contributed by atoms with Gasteiger partial charge < -0.3 is 18.9 Å². The van der Waals surface area contributed by atoms with Gasteiger partial charge in [-0.05, 0) is 43.0 Å². The molecule has 0 bridgehead atoms. The van der Waals surface area contributed by atoms with Crippen molar-refractivity contribution in [2.75, 3.05) is 34.7 Å². The van der Waals surface area contributed by atoms with E-state index in [2.05, 4.69) is 24.5 Å². The zero-order valence-electron chi connectivity index (χ0n) is 16.9. The van der Waals surface area contributed by atoms with Crippen molar-refractivity contribution in [2.24, 2.45) is 0 Å². The van der Waals surface area contributed by atoms with Gasteiger partial charge in [0.05, 0.1) is 28.4 Å². The first kappa shape index (κ1) is 21.6. The van der Waals surface area contributed by atoms with Gasteiger partial charge in [0, 0.05) is 33.9 Å². The second-order valence-electron chi connectivity index (χ2n) is 6.04. The van der Waals surface area contributed by atoms with Crippen molar-refractivity contribution in [1.29, 1.82) is 0 Å². The summed E-state index contributed by atoms with van der Waals surface area (Å²) in [6.07, 6.45) is 2.08. The van der Waals surface area contributed by atoms with Crippen molar-refractivity contribution in [3.05, 3.63) is 46.5 Å². The number of methoxy groups -OCH3 is 4. The minimum atomic E-state index is 0.817. The van der Waals surface area contributed by atoms with Crippen LogP contribution in [0.1, 0.15) is 22.3 Å². The second kappa shape index (κ2) is 10.6. The van der Waals surface area contributed by atoms with Crippen LogP contribution in [0.2, 0.25) is 0 Å². The Labute approximate surface area is 170 Å². The summed E-state index contributed by atoms with van der Waals surface area (Å²) in [5.74, 6) is 6.12. The van der Waals surface area contributed by atoms with Gasteiger partial charge in [0.2, 0.25) is 0 Å². The maximum Gasteiger partial charge on any atom is 0.123 e. The highest BCUT2D eigenvalue weighted by Gasteiger charge is 2.13. The number of ether oxygens (including phenoxy) is 4. The molecule has 148 valence electrons. The Bertz CT molecular complexity index is 762. The predicted molar refractivity (Wildman–Crippen MR) is 116 cm³/mol. The van der Waals surface area contributed by atoms with Gasteiger partial charge in [-0.15, -0.1) is 0 Å². The molecular weight excluding hydrogens is 380 g/mol. The van der Waals surface area contributed by atoms with Crippen LogP contribution in [-0.4, -0.2) is 34.7 Å². The van der Waals surface area contributed by atoms with Gasteiger partial charge >= 0.3 is 0 Å². The van der Waals surface area contributed by atoms with Gasteiger partial charge in [-0.1, -0.05) is 0 Å². The van der Waals surface area contributed by atoms with E-state index in [9.17, 15) is 0 Å². The summed E-state index contributed by atoms with van der Waals surface area (Å²) in [7, 11) is 6.82. The average Bonchev–Trinajstić information content (AvgIpc) is 2.69. The normalized spacial score (nSPS) is 10.6. The lowest BCUT2D eigenvalue weighted by Crippen LogP contribution is -1.98. The van der Waals surface area contributed by atoms with E-state index >= 15 is 0 Å². The first-order chi connectivity index (χ1) is 13.1. The molecule has 0 saturated carbocycles. The Balaban J connectivity index is 2.17. The Morgan fingerprint density at radius 2 is 1.04 bits per heavy atom. The number of thioether (sulfide) groups is 2. The van der Waals surface area contributed by atoms with Crippen LogP contribution in [0.15, 0.2) is 24.3 Å². The zero-order valence-corrected chi connectivity index (χ0v) is 18.5. The van der Waals surface area contributed by atoms with Crippen molar-refractivity contribution in [1.82, 2.24) is 0 Å². The highest BCUT2D eigenvalue weighted by molar-refractivity contribution is 7.98. The minimum absolute atomic E-state index is 0.817. The predicted octanol–water partition coefficient (Wildman–Crippen LogP) is 5.33. The molecule has 0 unspecified atom stereocenters. The molecule has 0 aliphatic heterocycles. The number of hydrogen-bond acceptors (Lipinski definition) is 6. The largest absolute Gasteiger partial charge is 0.496 e. The molecule has 6 heteroatoms. The number of benzene rings is 2. The fourth-order valence-corrected chi connectivity index (χ4v) is 4.43. The zero-order chi connectivity index (χ0) is 19.8. The monoisotopic (exact) mass is 408 g/mol. The molecule has 0 saturated heterocycles. The minimum Gasteiger partial charge on any atom is -0.496 e. The van der Waals surface area contributed by atoms with E-state index in [1.165, 1.54) is 0 Å². The molecule has 0 amide bonds. The Morgan fingerprint density at radius 3 is 1.48 bits per heavy atom. The summed E-state index contributed by atoms with van der Waals surface area (Å²) >= 11 is 3.57. The lowest BCUT2D eigenvalue weighted by molar-refractivity contribution is 0.397. The summed E-state index contributed by atoms with van der Waals surface area (Å²) < 4.78 is 22.2. The Morgan fingerprint density at radius 1 is 0.630 bits per heavy atom. The van der Waals surface area contributed by atoms with Gasteiger partial charge in [0.1, 0.15) is 23.0 Å². The summed E-state index contributed by atoms with van der Waals surface area (Å²) in [5, 5.41) is 0. The highest BCUT2D eigenvalue weighted by Crippen LogP contribution is 2.36. The smallest absolute Gasteiger partial charge is 0.123 e. The third kappa shape index (κ3) is 5.42. The van der Waals surface area contributed by atoms with Crippen LogP contribution in [0.5, 0.6) is 23.0 Å². The molecule has 0 N–H and O–H groups in total. The van der Waals surface area contributed by atoms with E-state index in [1.807, 2.05) is 13.0 Å². The Hall–Kier alpha value is -1.66. The van der Waals surface area contributed by atoms with Crippen molar-refractivity contribution in [3.8, 4) is 23.0 Å². The molecule has 0 atom stereocenters. The molecule has 0 aliphatic rings. The van der Waals surface area contributed by atoms with E-state index in [0.717, 1.165) is 62.5 Å². The van der Waals surface area contributed by atoms with E-state index in [4.69, 9.17) is 18.9 Å². The number of rotatable bonds is 10. The maximum absolute atomic E-state index is 5.61. The van der Waals surface area contributed by atoms with Crippen molar-refractivity contribution in [3.63, 3.8) is 0 Å². The van der Waals surface area contributed by atoms with E-state index in [1.54, 1.807) is 52.0 Å². The van der Waals surface area contributed by atoms with E-state index in [0.29, 0.717) is 0 Å². The van der Waals surface area contributed by atoms with Gasteiger partial charge in [-0.3, -0.25) is 0 Å². The maximum atomic E-state index is 5.61. The van der Waals surface area contributed by atoms with E-state index in [-0.39, 0.29) is 0 Å². The molecule has 0 aliphatic carbocycles. The molecule has 4 nitrogen and oxygen atoms in total. The van der Waals surface area contributed by atoms with Crippen molar-refractivity contribution >= 4 is 23.5 Å². The van der Waals surface area contributed by atoms with Crippen molar-refractivity contribution < 1.29 is 18.9 Å². The lowest BCUT2D eigenvalue weighted by Gasteiger charge is -2.15. The standard InChI is InChI=1S/C21H28O4S2/c1-14-7-19(23-3)16(8-18(14)22-2)12-27-13-17-10-20(24-4)15(11-26-6)9-21(17)25-5/h7-10H,11-13H2,1-6H3. The summed E-state index contributed by atoms with van der Waals surface area (Å²) in [4.78, 5) is 0. The number of hydrogen-bond donors (Lipinski definition) is 0. The average molecular weight is 409 g/mol. The van der Waals surface area contributed by atoms with Crippen LogP contribution < -0.4 is 18.9 Å². The first-order valence-corrected chi connectivity index (χ1v) is 11.1. The summed E-state index contributed by atoms with van der Waals surface area (Å²) in [5.41, 5.74) is 4.47. The molecule has 2 rings (SSSR count). The first-order valence-electron chi connectivity index (χ1n) is 8.59. The molecule has 27 heavy (non-hydrogen) atoms. The molecule has 2 aromatic carbocycles. The summed E-state index contributed by atoms with van der Waals surface area (Å²) in [6, 6.07) is 8.25. The van der Waals surface area contributed by atoms with Crippen LogP contribution in [-0.2, 0) is 17.3 Å². The third-order valence-corrected chi connectivity index (χ3v) is 5.93. The summed E-state index contributed by atoms with van der Waals surface area (Å²) in [6.45, 7) is 2.02. The molecule has 0 radical (unpaired) electrons. The third-order valence-electron chi connectivity index (χ3n) is 4.30. The van der Waals surface area contributed by atoms with Gasteiger partial charge in [-0.2, -0.15) is 23.5 Å².